The zero-order valence-corrected chi connectivity index (χ0v) is 12.1. The van der Waals surface area contributed by atoms with Gasteiger partial charge in [-0.15, -0.1) is 5.10 Å². The van der Waals surface area contributed by atoms with Crippen molar-refractivity contribution in [3.8, 4) is 5.75 Å². The molecule has 1 heterocycles. The fourth-order valence-corrected chi connectivity index (χ4v) is 2.06. The van der Waals surface area contributed by atoms with Gasteiger partial charge >= 0.3 is 0 Å². The zero-order valence-electron chi connectivity index (χ0n) is 11.3. The van der Waals surface area contributed by atoms with Crippen LogP contribution in [0.2, 0.25) is 0 Å². The van der Waals surface area contributed by atoms with E-state index in [0.717, 1.165) is 5.82 Å². The number of amides is 1. The number of nitrogens with one attached hydrogen (secondary N) is 2. The normalized spacial score (nSPS) is 10.8. The summed E-state index contributed by atoms with van der Waals surface area (Å²) >= 11 is 1.27. The number of anilines is 1. The lowest BCUT2D eigenvalue weighted by Gasteiger charge is -2.03. The van der Waals surface area contributed by atoms with Gasteiger partial charge in [0.1, 0.15) is 11.6 Å². The Labute approximate surface area is 121 Å². The molecule has 1 aromatic carbocycles. The van der Waals surface area contributed by atoms with Crippen molar-refractivity contribution in [1.29, 1.82) is 0 Å². The van der Waals surface area contributed by atoms with E-state index >= 15 is 0 Å². The molecule has 1 aromatic heterocycles. The van der Waals surface area contributed by atoms with Crippen LogP contribution in [-0.2, 0) is 4.79 Å². The molecule has 0 aliphatic carbocycles. The Balaban J connectivity index is 1.84. The Morgan fingerprint density at radius 2 is 2.10 bits per heavy atom. The third-order valence-electron chi connectivity index (χ3n) is 2.51. The van der Waals surface area contributed by atoms with Gasteiger partial charge in [-0.25, -0.2) is 4.98 Å². The molecule has 0 saturated carbocycles. The highest BCUT2D eigenvalue weighted by atomic mass is 32.2. The molecule has 0 spiro atoms. The van der Waals surface area contributed by atoms with E-state index in [4.69, 9.17) is 5.11 Å². The van der Waals surface area contributed by atoms with Crippen LogP contribution < -0.4 is 5.32 Å². The van der Waals surface area contributed by atoms with E-state index < -0.39 is 0 Å². The van der Waals surface area contributed by atoms with Crippen LogP contribution in [0.5, 0.6) is 5.75 Å². The Bertz CT molecular complexity index is 580. The van der Waals surface area contributed by atoms with Crippen molar-refractivity contribution in [2.24, 2.45) is 0 Å². The molecule has 3 N–H and O–H groups in total. The van der Waals surface area contributed by atoms with E-state index in [9.17, 15) is 4.79 Å². The molecule has 2 rings (SSSR count). The standard InChI is InChI=1S/C13H16N4O2S/c1-8(2)12-15-13(17-16-12)20-7-11(19)14-9-3-5-10(18)6-4-9/h3-6,8,18H,7H2,1-2H3,(H,14,19)(H,15,16,17). The van der Waals surface area contributed by atoms with Gasteiger partial charge < -0.3 is 10.4 Å². The molecule has 0 radical (unpaired) electrons. The Morgan fingerprint density at radius 1 is 1.40 bits per heavy atom. The van der Waals surface area contributed by atoms with Crippen LogP contribution in [0.3, 0.4) is 0 Å². The lowest BCUT2D eigenvalue weighted by atomic mass is 10.2. The minimum Gasteiger partial charge on any atom is -0.508 e. The van der Waals surface area contributed by atoms with E-state index in [0.29, 0.717) is 10.8 Å². The van der Waals surface area contributed by atoms with Crippen molar-refractivity contribution in [2.75, 3.05) is 11.1 Å². The molecular formula is C13H16N4O2S. The van der Waals surface area contributed by atoms with E-state index in [2.05, 4.69) is 20.5 Å². The molecule has 106 valence electrons. The summed E-state index contributed by atoms with van der Waals surface area (Å²) in [5.41, 5.74) is 0.645. The first-order chi connectivity index (χ1) is 9.54. The number of hydrogen-bond donors (Lipinski definition) is 3. The second-order valence-corrected chi connectivity index (χ2v) is 5.48. The van der Waals surface area contributed by atoms with Crippen LogP contribution >= 0.6 is 11.8 Å². The van der Waals surface area contributed by atoms with Crippen molar-refractivity contribution in [1.82, 2.24) is 15.2 Å². The molecule has 0 aliphatic heterocycles. The molecule has 0 atom stereocenters. The predicted octanol–water partition coefficient (Wildman–Crippen LogP) is 2.36. The molecule has 7 heteroatoms. The van der Waals surface area contributed by atoms with Crippen LogP contribution in [0.1, 0.15) is 25.6 Å². The van der Waals surface area contributed by atoms with Crippen LogP contribution in [0, 0.1) is 0 Å². The number of nitrogens with zero attached hydrogens (tertiary/aromatic N) is 2. The summed E-state index contributed by atoms with van der Waals surface area (Å²) in [6, 6.07) is 6.32. The Hall–Kier alpha value is -2.02. The van der Waals surface area contributed by atoms with E-state index in [1.807, 2.05) is 13.8 Å². The summed E-state index contributed by atoms with van der Waals surface area (Å²) in [4.78, 5) is 16.0. The van der Waals surface area contributed by atoms with Gasteiger partial charge in [-0.1, -0.05) is 25.6 Å². The van der Waals surface area contributed by atoms with E-state index in [1.165, 1.54) is 23.9 Å². The van der Waals surface area contributed by atoms with Crippen LogP contribution in [-0.4, -0.2) is 31.9 Å². The summed E-state index contributed by atoms with van der Waals surface area (Å²) in [6.45, 7) is 4.04. The highest BCUT2D eigenvalue weighted by Crippen LogP contribution is 2.17. The molecule has 6 nitrogen and oxygen atoms in total. The molecule has 2 aromatic rings. The van der Waals surface area contributed by atoms with Crippen LogP contribution in [0.4, 0.5) is 5.69 Å². The first-order valence-electron chi connectivity index (χ1n) is 6.18. The number of carbonyl (C=O) groups excluding carboxylic acids is 1. The number of phenols is 1. The third-order valence-corrected chi connectivity index (χ3v) is 3.36. The molecule has 0 bridgehead atoms. The number of carbonyl (C=O) groups is 1. The molecule has 20 heavy (non-hydrogen) atoms. The average molecular weight is 292 g/mol. The minimum atomic E-state index is -0.142. The van der Waals surface area contributed by atoms with Gasteiger partial charge in [0.15, 0.2) is 0 Å². The maximum absolute atomic E-state index is 11.8. The van der Waals surface area contributed by atoms with E-state index in [-0.39, 0.29) is 23.3 Å². The molecule has 0 aliphatic rings. The number of H-pyrrole nitrogens is 1. The monoisotopic (exact) mass is 292 g/mol. The summed E-state index contributed by atoms with van der Waals surface area (Å²) in [5.74, 6) is 1.35. The highest BCUT2D eigenvalue weighted by molar-refractivity contribution is 7.99. The smallest absolute Gasteiger partial charge is 0.234 e. The van der Waals surface area contributed by atoms with Crippen LogP contribution in [0.25, 0.3) is 0 Å². The number of hydrogen-bond acceptors (Lipinski definition) is 5. The van der Waals surface area contributed by atoms with Crippen molar-refractivity contribution in [3.05, 3.63) is 30.1 Å². The average Bonchev–Trinajstić information content (AvgIpc) is 2.88. The highest BCUT2D eigenvalue weighted by Gasteiger charge is 2.09. The molecular weight excluding hydrogens is 276 g/mol. The number of aromatic nitrogens is 3. The summed E-state index contributed by atoms with van der Waals surface area (Å²) in [6.07, 6.45) is 0. The predicted molar refractivity (Wildman–Crippen MR) is 77.9 cm³/mol. The van der Waals surface area contributed by atoms with Gasteiger partial charge in [-0.2, -0.15) is 0 Å². The first kappa shape index (κ1) is 14.4. The van der Waals surface area contributed by atoms with Gasteiger partial charge in [-0.3, -0.25) is 9.89 Å². The first-order valence-corrected chi connectivity index (χ1v) is 7.17. The maximum atomic E-state index is 11.8. The number of benzene rings is 1. The van der Waals surface area contributed by atoms with Crippen molar-refractivity contribution in [2.45, 2.75) is 24.9 Å². The second-order valence-electron chi connectivity index (χ2n) is 4.54. The largest absolute Gasteiger partial charge is 0.508 e. The lowest BCUT2D eigenvalue weighted by molar-refractivity contribution is -0.113. The molecule has 0 unspecified atom stereocenters. The van der Waals surface area contributed by atoms with Crippen LogP contribution in [0.15, 0.2) is 29.4 Å². The van der Waals surface area contributed by atoms with Gasteiger partial charge in [0.05, 0.1) is 5.75 Å². The molecule has 0 saturated heterocycles. The molecule has 1 amide bonds. The van der Waals surface area contributed by atoms with Crippen molar-refractivity contribution < 1.29 is 9.90 Å². The number of aromatic amines is 1. The fraction of sp³-hybridized carbons (Fsp3) is 0.308. The number of rotatable bonds is 5. The maximum Gasteiger partial charge on any atom is 0.234 e. The third kappa shape index (κ3) is 3.99. The summed E-state index contributed by atoms with van der Waals surface area (Å²) in [5, 5.41) is 19.3. The number of phenolic OH excluding ortho intramolecular Hbond substituents is 1. The van der Waals surface area contributed by atoms with E-state index in [1.54, 1.807) is 12.1 Å². The van der Waals surface area contributed by atoms with Gasteiger partial charge in [0.2, 0.25) is 11.1 Å². The van der Waals surface area contributed by atoms with Gasteiger partial charge in [0, 0.05) is 11.6 Å². The Kier molecular flexibility index (Phi) is 4.62. The summed E-state index contributed by atoms with van der Waals surface area (Å²) < 4.78 is 0. The number of thioether (sulfide) groups is 1. The number of aromatic hydroxyl groups is 1. The SMILES string of the molecule is CC(C)c1nc(SCC(=O)Nc2ccc(O)cc2)n[nH]1. The Morgan fingerprint density at radius 3 is 2.70 bits per heavy atom. The van der Waals surface area contributed by atoms with Crippen molar-refractivity contribution in [3.63, 3.8) is 0 Å². The van der Waals surface area contributed by atoms with Crippen molar-refractivity contribution >= 4 is 23.4 Å². The minimum absolute atomic E-state index is 0.142. The quantitative estimate of drug-likeness (QED) is 0.581. The molecule has 0 fully saturated rings. The lowest BCUT2D eigenvalue weighted by Crippen LogP contribution is -2.13. The zero-order chi connectivity index (χ0) is 14.5. The topological polar surface area (TPSA) is 90.9 Å². The van der Waals surface area contributed by atoms with Gasteiger partial charge in [-0.05, 0) is 24.3 Å². The summed E-state index contributed by atoms with van der Waals surface area (Å²) in [7, 11) is 0. The second kappa shape index (κ2) is 6.42. The van der Waals surface area contributed by atoms with Gasteiger partial charge in [0.25, 0.3) is 0 Å². The fourth-order valence-electron chi connectivity index (χ4n) is 1.45.